The molecule has 0 unspecified atom stereocenters. The molecule has 0 atom stereocenters. The minimum absolute atomic E-state index is 0.322. The van der Waals surface area contributed by atoms with E-state index in [4.69, 9.17) is 5.11 Å². The Morgan fingerprint density at radius 1 is 1.07 bits per heavy atom. The molecular weight excluding hydrogens is 204 g/mol. The van der Waals surface area contributed by atoms with Gasteiger partial charge >= 0.3 is 0 Å². The quantitative estimate of drug-likeness (QED) is 0.776. The number of hydrogen-bond acceptors (Lipinski definition) is 2. The fraction of sp³-hybridized carbons (Fsp3) is 0.538. The fourth-order valence-corrected chi connectivity index (χ4v) is 2.53. The van der Waals surface area contributed by atoms with Crippen molar-refractivity contribution in [1.29, 1.82) is 0 Å². The molecule has 1 aromatic rings. The predicted molar refractivity (Wildman–Crippen MR) is 68.5 cm³/mol. The van der Waals surface area contributed by atoms with Gasteiger partial charge in [0.25, 0.3) is 0 Å². The van der Waals surface area contributed by atoms with E-state index in [1.54, 1.807) is 24.3 Å². The second-order valence-electron chi connectivity index (χ2n) is 3.83. The van der Waals surface area contributed by atoms with Crippen molar-refractivity contribution in [3.63, 3.8) is 0 Å². The van der Waals surface area contributed by atoms with E-state index < -0.39 is 0 Å². The van der Waals surface area contributed by atoms with Crippen LogP contribution in [0, 0.1) is 0 Å². The molecule has 1 aliphatic rings. The van der Waals surface area contributed by atoms with Gasteiger partial charge in [0.2, 0.25) is 0 Å². The largest absolute Gasteiger partial charge is 0.508 e. The zero-order valence-corrected chi connectivity index (χ0v) is 10.2. The summed E-state index contributed by atoms with van der Waals surface area (Å²) in [5, 5.41) is 9.64. The van der Waals surface area contributed by atoms with E-state index in [-0.39, 0.29) is 0 Å². The number of para-hydroxylation sites is 1. The van der Waals surface area contributed by atoms with Crippen LogP contribution in [0.2, 0.25) is 0 Å². The lowest BCUT2D eigenvalue weighted by atomic mass is 10.0. The third kappa shape index (κ3) is 5.73. The normalized spacial score (nSPS) is 16.6. The zero-order chi connectivity index (χ0) is 10.9. The van der Waals surface area contributed by atoms with Gasteiger partial charge in [0.05, 0.1) is 0 Å². The molecule has 1 saturated carbocycles. The fourth-order valence-electron chi connectivity index (χ4n) is 1.73. The summed E-state index contributed by atoms with van der Waals surface area (Å²) in [4.78, 5) is 0. The molecule has 0 aliphatic heterocycles. The summed E-state index contributed by atoms with van der Waals surface area (Å²) in [6, 6.07) is 8.71. The maximum atomic E-state index is 8.63. The maximum absolute atomic E-state index is 8.63. The molecule has 84 valence electrons. The zero-order valence-electron chi connectivity index (χ0n) is 9.36. The van der Waals surface area contributed by atoms with Gasteiger partial charge in [-0.25, -0.2) is 0 Å². The molecule has 0 spiro atoms. The third-order valence-corrected chi connectivity index (χ3v) is 3.78. The molecular formula is C13H20OS. The van der Waals surface area contributed by atoms with Crippen LogP contribution in [0.4, 0.5) is 0 Å². The lowest BCUT2D eigenvalue weighted by molar-refractivity contribution is 0.475. The Balaban J connectivity index is 0.000000151. The van der Waals surface area contributed by atoms with Crippen LogP contribution in [0.5, 0.6) is 5.75 Å². The number of rotatable bonds is 1. The number of aromatic hydroxyl groups is 1. The van der Waals surface area contributed by atoms with Gasteiger partial charge in [0, 0.05) is 5.25 Å². The van der Waals surface area contributed by atoms with Crippen LogP contribution in [0.1, 0.15) is 32.1 Å². The summed E-state index contributed by atoms with van der Waals surface area (Å²) in [6.45, 7) is 0. The minimum atomic E-state index is 0.322. The summed E-state index contributed by atoms with van der Waals surface area (Å²) >= 11 is 2.05. The van der Waals surface area contributed by atoms with E-state index in [1.807, 2.05) is 17.8 Å². The number of phenols is 1. The molecule has 2 heteroatoms. The van der Waals surface area contributed by atoms with Gasteiger partial charge in [0.1, 0.15) is 5.75 Å². The van der Waals surface area contributed by atoms with Crippen molar-refractivity contribution in [2.24, 2.45) is 0 Å². The van der Waals surface area contributed by atoms with Crippen molar-refractivity contribution >= 4 is 11.8 Å². The van der Waals surface area contributed by atoms with Crippen molar-refractivity contribution in [2.75, 3.05) is 6.26 Å². The highest BCUT2D eigenvalue weighted by molar-refractivity contribution is 7.99. The molecule has 15 heavy (non-hydrogen) atoms. The molecule has 1 aromatic carbocycles. The van der Waals surface area contributed by atoms with Crippen molar-refractivity contribution in [2.45, 2.75) is 37.4 Å². The molecule has 0 bridgehead atoms. The summed E-state index contributed by atoms with van der Waals surface area (Å²) in [5.41, 5.74) is 0. The van der Waals surface area contributed by atoms with Gasteiger partial charge in [-0.05, 0) is 31.2 Å². The smallest absolute Gasteiger partial charge is 0.115 e. The van der Waals surface area contributed by atoms with Gasteiger partial charge in [-0.3, -0.25) is 0 Å². The van der Waals surface area contributed by atoms with E-state index in [0.29, 0.717) is 5.75 Å². The Morgan fingerprint density at radius 3 is 2.00 bits per heavy atom. The Labute approximate surface area is 96.9 Å². The number of phenolic OH excluding ortho intramolecular Hbond substituents is 1. The van der Waals surface area contributed by atoms with Crippen molar-refractivity contribution in [3.8, 4) is 5.75 Å². The third-order valence-electron chi connectivity index (χ3n) is 2.64. The molecule has 0 amide bonds. The first-order valence-electron chi connectivity index (χ1n) is 5.59. The van der Waals surface area contributed by atoms with Gasteiger partial charge < -0.3 is 5.11 Å². The van der Waals surface area contributed by atoms with E-state index >= 15 is 0 Å². The highest BCUT2D eigenvalue weighted by Crippen LogP contribution is 2.25. The Hall–Kier alpha value is -0.630. The van der Waals surface area contributed by atoms with Crippen molar-refractivity contribution in [3.05, 3.63) is 30.3 Å². The van der Waals surface area contributed by atoms with Crippen LogP contribution in [0.25, 0.3) is 0 Å². The van der Waals surface area contributed by atoms with Crippen LogP contribution >= 0.6 is 11.8 Å². The maximum Gasteiger partial charge on any atom is 0.115 e. The molecule has 0 radical (unpaired) electrons. The summed E-state index contributed by atoms with van der Waals surface area (Å²) < 4.78 is 0. The minimum Gasteiger partial charge on any atom is -0.508 e. The SMILES string of the molecule is CSC1CCCCC1.Oc1ccccc1. The van der Waals surface area contributed by atoms with E-state index in [9.17, 15) is 0 Å². The number of thioether (sulfide) groups is 1. The van der Waals surface area contributed by atoms with E-state index in [2.05, 4.69) is 6.26 Å². The second-order valence-corrected chi connectivity index (χ2v) is 4.97. The molecule has 2 rings (SSSR count). The lowest BCUT2D eigenvalue weighted by Gasteiger charge is -2.18. The summed E-state index contributed by atoms with van der Waals surface area (Å²) in [7, 11) is 0. The average Bonchev–Trinajstić information content (AvgIpc) is 2.32. The predicted octanol–water partition coefficient (Wildman–Crippen LogP) is 4.07. The first-order valence-corrected chi connectivity index (χ1v) is 6.88. The van der Waals surface area contributed by atoms with E-state index in [1.165, 1.54) is 32.1 Å². The van der Waals surface area contributed by atoms with E-state index in [0.717, 1.165) is 5.25 Å². The van der Waals surface area contributed by atoms with Crippen molar-refractivity contribution < 1.29 is 5.11 Å². The number of hydrogen-bond donors (Lipinski definition) is 1. The number of benzene rings is 1. The standard InChI is InChI=1S/C7H14S.C6H6O/c1-8-7-5-3-2-4-6-7;7-6-4-2-1-3-5-6/h7H,2-6H2,1H3;1-5,7H. The first-order chi connectivity index (χ1) is 7.33. The van der Waals surface area contributed by atoms with Crippen LogP contribution in [-0.4, -0.2) is 16.6 Å². The van der Waals surface area contributed by atoms with Crippen LogP contribution in [-0.2, 0) is 0 Å². The molecule has 1 N–H and O–H groups in total. The highest BCUT2D eigenvalue weighted by atomic mass is 32.2. The summed E-state index contributed by atoms with van der Waals surface area (Å²) in [6.07, 6.45) is 9.62. The lowest BCUT2D eigenvalue weighted by Crippen LogP contribution is -2.06. The van der Waals surface area contributed by atoms with Gasteiger partial charge in [-0.2, -0.15) is 11.8 Å². The molecule has 0 aromatic heterocycles. The highest BCUT2D eigenvalue weighted by Gasteiger charge is 2.10. The van der Waals surface area contributed by atoms with Gasteiger partial charge in [0.15, 0.2) is 0 Å². The Bertz CT molecular complexity index is 242. The molecule has 0 saturated heterocycles. The van der Waals surface area contributed by atoms with Gasteiger partial charge in [-0.15, -0.1) is 0 Å². The first kappa shape index (κ1) is 12.4. The van der Waals surface area contributed by atoms with Crippen LogP contribution in [0.3, 0.4) is 0 Å². The van der Waals surface area contributed by atoms with Crippen LogP contribution in [0.15, 0.2) is 30.3 Å². The second kappa shape index (κ2) is 7.63. The van der Waals surface area contributed by atoms with Crippen LogP contribution < -0.4 is 0 Å². The molecule has 0 heterocycles. The Kier molecular flexibility index (Phi) is 6.33. The monoisotopic (exact) mass is 224 g/mol. The summed E-state index contributed by atoms with van der Waals surface area (Å²) in [5.74, 6) is 0.322. The van der Waals surface area contributed by atoms with Gasteiger partial charge in [-0.1, -0.05) is 37.5 Å². The van der Waals surface area contributed by atoms with Crippen molar-refractivity contribution in [1.82, 2.24) is 0 Å². The average molecular weight is 224 g/mol. The topological polar surface area (TPSA) is 20.2 Å². The molecule has 1 fully saturated rings. The molecule has 1 aliphatic carbocycles. The Morgan fingerprint density at radius 2 is 1.67 bits per heavy atom. The molecule has 1 nitrogen and oxygen atoms in total.